The maximum atomic E-state index is 11.8. The lowest BCUT2D eigenvalue weighted by atomic mass is 10.3. The van der Waals surface area contributed by atoms with Crippen molar-refractivity contribution in [1.82, 2.24) is 14.7 Å². The second-order valence-electron chi connectivity index (χ2n) is 4.29. The zero-order chi connectivity index (χ0) is 14.3. The molecule has 0 unspecified atom stereocenters. The molecule has 3 amide bonds. The molecule has 3 heterocycles. The maximum Gasteiger partial charge on any atom is 0.356 e. The fraction of sp³-hybridized carbons (Fsp3) is 0.167. The lowest BCUT2D eigenvalue weighted by Crippen LogP contribution is -2.50. The summed E-state index contributed by atoms with van der Waals surface area (Å²) in [5, 5.41) is 11.3. The van der Waals surface area contributed by atoms with Crippen molar-refractivity contribution in [2.75, 3.05) is 11.4 Å². The average molecular weight is 274 g/mol. The smallest absolute Gasteiger partial charge is 0.356 e. The number of carbonyl (C=O) groups is 3. The van der Waals surface area contributed by atoms with Gasteiger partial charge in [0, 0.05) is 13.0 Å². The molecule has 1 fully saturated rings. The van der Waals surface area contributed by atoms with E-state index in [-0.39, 0.29) is 24.6 Å². The molecule has 2 N–H and O–H groups in total. The first-order valence-electron chi connectivity index (χ1n) is 5.88. The van der Waals surface area contributed by atoms with E-state index in [0.29, 0.717) is 11.3 Å². The van der Waals surface area contributed by atoms with Gasteiger partial charge in [0.2, 0.25) is 5.91 Å². The van der Waals surface area contributed by atoms with Crippen LogP contribution >= 0.6 is 0 Å². The van der Waals surface area contributed by atoms with Gasteiger partial charge in [-0.15, -0.1) is 0 Å². The minimum Gasteiger partial charge on any atom is -0.476 e. The summed E-state index contributed by atoms with van der Waals surface area (Å²) in [6.45, 7) is 0.240. The molecule has 0 bridgehead atoms. The molecule has 102 valence electrons. The number of anilines is 1. The second kappa shape index (κ2) is 4.34. The minimum atomic E-state index is -1.14. The van der Waals surface area contributed by atoms with Crippen molar-refractivity contribution in [1.29, 1.82) is 0 Å². The van der Waals surface area contributed by atoms with Crippen LogP contribution in [0.4, 0.5) is 10.6 Å². The number of aromatic carboxylic acids is 1. The molecule has 2 aromatic rings. The summed E-state index contributed by atoms with van der Waals surface area (Å²) in [5.41, 5.74) is 0.306. The third-order valence-corrected chi connectivity index (χ3v) is 3.08. The number of carboxylic acids is 1. The second-order valence-corrected chi connectivity index (χ2v) is 4.29. The van der Waals surface area contributed by atoms with E-state index in [0.717, 1.165) is 0 Å². The maximum absolute atomic E-state index is 11.8. The Morgan fingerprint density at radius 2 is 2.15 bits per heavy atom. The minimum absolute atomic E-state index is 0.0830. The van der Waals surface area contributed by atoms with E-state index in [1.54, 1.807) is 18.2 Å². The van der Waals surface area contributed by atoms with Gasteiger partial charge in [-0.3, -0.25) is 19.4 Å². The summed E-state index contributed by atoms with van der Waals surface area (Å²) in [5.74, 6) is -0.995. The fourth-order valence-corrected chi connectivity index (χ4v) is 2.17. The average Bonchev–Trinajstić information content (AvgIpc) is 2.82. The van der Waals surface area contributed by atoms with Crippen molar-refractivity contribution in [2.45, 2.75) is 6.42 Å². The number of aromatic nitrogens is 2. The number of nitrogens with zero attached hydrogens (tertiary/aromatic N) is 3. The van der Waals surface area contributed by atoms with Crippen LogP contribution in [-0.2, 0) is 4.79 Å². The summed E-state index contributed by atoms with van der Waals surface area (Å²) in [6, 6.07) is 4.38. The highest BCUT2D eigenvalue weighted by molar-refractivity contribution is 6.05. The van der Waals surface area contributed by atoms with Crippen LogP contribution in [0.3, 0.4) is 0 Å². The highest BCUT2D eigenvalue weighted by Crippen LogP contribution is 2.21. The summed E-state index contributed by atoms with van der Waals surface area (Å²) in [4.78, 5) is 39.2. The molecule has 3 rings (SSSR count). The predicted octanol–water partition coefficient (Wildman–Crippen LogP) is 0.479. The Morgan fingerprint density at radius 3 is 2.85 bits per heavy atom. The topological polar surface area (TPSA) is 104 Å². The molecule has 1 saturated heterocycles. The van der Waals surface area contributed by atoms with E-state index in [1.165, 1.54) is 15.6 Å². The Balaban J connectivity index is 2.10. The SMILES string of the molecule is O=C1CCN(c2cccc3c(C(=O)O)ncn23)C(=O)N1. The first kappa shape index (κ1) is 12.2. The van der Waals surface area contributed by atoms with E-state index in [1.807, 2.05) is 0 Å². The van der Waals surface area contributed by atoms with Gasteiger partial charge in [-0.2, -0.15) is 0 Å². The highest BCUT2D eigenvalue weighted by Gasteiger charge is 2.26. The summed E-state index contributed by atoms with van der Waals surface area (Å²) in [7, 11) is 0. The molecule has 0 aromatic carbocycles. The van der Waals surface area contributed by atoms with E-state index >= 15 is 0 Å². The Labute approximate surface area is 112 Å². The molecule has 20 heavy (non-hydrogen) atoms. The number of carboxylic acid groups (broad SMARTS) is 1. The number of hydrogen-bond acceptors (Lipinski definition) is 4. The number of rotatable bonds is 2. The molecule has 0 saturated carbocycles. The molecule has 0 radical (unpaired) electrons. The van der Waals surface area contributed by atoms with Gasteiger partial charge < -0.3 is 5.11 Å². The molecule has 0 spiro atoms. The zero-order valence-corrected chi connectivity index (χ0v) is 10.2. The van der Waals surface area contributed by atoms with Crippen LogP contribution < -0.4 is 10.2 Å². The molecule has 2 aromatic heterocycles. The number of nitrogens with one attached hydrogen (secondary N) is 1. The lowest BCUT2D eigenvalue weighted by Gasteiger charge is -2.26. The van der Waals surface area contributed by atoms with Crippen molar-refractivity contribution in [3.63, 3.8) is 0 Å². The van der Waals surface area contributed by atoms with E-state index in [4.69, 9.17) is 5.11 Å². The van der Waals surface area contributed by atoms with Crippen LogP contribution in [0.15, 0.2) is 24.5 Å². The summed E-state index contributed by atoms with van der Waals surface area (Å²) < 4.78 is 1.51. The Hall–Kier alpha value is -2.90. The van der Waals surface area contributed by atoms with Crippen molar-refractivity contribution in [2.24, 2.45) is 0 Å². The monoisotopic (exact) mass is 274 g/mol. The molecule has 0 atom stereocenters. The van der Waals surface area contributed by atoms with Crippen molar-refractivity contribution < 1.29 is 19.5 Å². The predicted molar refractivity (Wildman–Crippen MR) is 67.7 cm³/mol. The number of fused-ring (bicyclic) bond motifs is 1. The van der Waals surface area contributed by atoms with Gasteiger partial charge in [0.1, 0.15) is 12.1 Å². The van der Waals surface area contributed by atoms with Gasteiger partial charge in [0.15, 0.2) is 5.69 Å². The third kappa shape index (κ3) is 1.78. The number of hydrogen-bond donors (Lipinski definition) is 2. The lowest BCUT2D eigenvalue weighted by molar-refractivity contribution is -0.120. The number of carbonyl (C=O) groups excluding carboxylic acids is 2. The molecule has 1 aliphatic heterocycles. The number of urea groups is 1. The number of imidazole rings is 1. The molecule has 8 nitrogen and oxygen atoms in total. The van der Waals surface area contributed by atoms with Crippen LogP contribution in [0.5, 0.6) is 0 Å². The normalized spacial score (nSPS) is 15.5. The molecule has 8 heteroatoms. The van der Waals surface area contributed by atoms with Crippen molar-refractivity contribution in [3.8, 4) is 0 Å². The van der Waals surface area contributed by atoms with Gasteiger partial charge in [-0.1, -0.05) is 6.07 Å². The number of pyridine rings is 1. The van der Waals surface area contributed by atoms with Crippen molar-refractivity contribution >= 4 is 29.2 Å². The standard InChI is InChI=1S/C12H10N4O4/c17-8-4-5-15(12(20)14-8)9-3-1-2-7-10(11(18)19)13-6-16(7)9/h1-3,6H,4-5H2,(H,18,19)(H,14,17,20). The van der Waals surface area contributed by atoms with Crippen LogP contribution in [0.2, 0.25) is 0 Å². The van der Waals surface area contributed by atoms with Gasteiger partial charge in [-0.05, 0) is 12.1 Å². The summed E-state index contributed by atoms with van der Waals surface area (Å²) >= 11 is 0. The molecular weight excluding hydrogens is 264 g/mol. The van der Waals surface area contributed by atoms with Gasteiger partial charge >= 0.3 is 12.0 Å². The van der Waals surface area contributed by atoms with Crippen LogP contribution in [0, 0.1) is 0 Å². The Morgan fingerprint density at radius 1 is 1.35 bits per heavy atom. The molecule has 1 aliphatic rings. The van der Waals surface area contributed by atoms with E-state index in [9.17, 15) is 14.4 Å². The fourth-order valence-electron chi connectivity index (χ4n) is 2.17. The number of imide groups is 1. The van der Waals surface area contributed by atoms with Crippen LogP contribution in [-0.4, -0.2) is 38.9 Å². The molecule has 0 aliphatic carbocycles. The first-order chi connectivity index (χ1) is 9.58. The highest BCUT2D eigenvalue weighted by atomic mass is 16.4. The van der Waals surface area contributed by atoms with Gasteiger partial charge in [-0.25, -0.2) is 14.6 Å². The quantitative estimate of drug-likeness (QED) is 0.828. The van der Waals surface area contributed by atoms with Crippen LogP contribution in [0.1, 0.15) is 16.9 Å². The van der Waals surface area contributed by atoms with Crippen molar-refractivity contribution in [3.05, 3.63) is 30.2 Å². The first-order valence-corrected chi connectivity index (χ1v) is 5.88. The number of amides is 3. The Bertz CT molecular complexity index is 736. The zero-order valence-electron chi connectivity index (χ0n) is 10.2. The largest absolute Gasteiger partial charge is 0.476 e. The Kier molecular flexibility index (Phi) is 2.63. The van der Waals surface area contributed by atoms with Gasteiger partial charge in [0.25, 0.3) is 0 Å². The third-order valence-electron chi connectivity index (χ3n) is 3.08. The molecular formula is C12H10N4O4. The summed E-state index contributed by atoms with van der Waals surface area (Å²) in [6.07, 6.45) is 1.54. The van der Waals surface area contributed by atoms with Gasteiger partial charge in [0.05, 0.1) is 5.52 Å². The van der Waals surface area contributed by atoms with Crippen LogP contribution in [0.25, 0.3) is 5.52 Å². The van der Waals surface area contributed by atoms with E-state index < -0.39 is 12.0 Å². The van der Waals surface area contributed by atoms with E-state index in [2.05, 4.69) is 10.3 Å².